The lowest BCUT2D eigenvalue weighted by atomic mass is 10.0. The molecule has 3 aromatic rings. The van der Waals surface area contributed by atoms with Gasteiger partial charge in [-0.25, -0.2) is 4.98 Å². The van der Waals surface area contributed by atoms with Gasteiger partial charge in [-0.3, -0.25) is 4.79 Å². The highest BCUT2D eigenvalue weighted by Crippen LogP contribution is 2.34. The molecule has 2 heterocycles. The number of piperidine rings is 1. The Morgan fingerprint density at radius 1 is 1.00 bits per heavy atom. The molecule has 1 saturated heterocycles. The van der Waals surface area contributed by atoms with Gasteiger partial charge in [0.05, 0.1) is 11.0 Å². The summed E-state index contributed by atoms with van der Waals surface area (Å²) in [7, 11) is 0. The van der Waals surface area contributed by atoms with Gasteiger partial charge in [0.25, 0.3) is 0 Å². The molecule has 0 radical (unpaired) electrons. The first-order valence-electron chi connectivity index (χ1n) is 12.6. The molecule has 1 amide bonds. The summed E-state index contributed by atoms with van der Waals surface area (Å²) in [6.45, 7) is 7.78. The minimum atomic E-state index is 0.198. The van der Waals surface area contributed by atoms with E-state index in [-0.39, 0.29) is 11.8 Å². The van der Waals surface area contributed by atoms with Gasteiger partial charge in [0.15, 0.2) is 0 Å². The van der Waals surface area contributed by atoms with Crippen LogP contribution < -0.4 is 5.32 Å². The van der Waals surface area contributed by atoms with Crippen molar-refractivity contribution in [2.24, 2.45) is 11.8 Å². The minimum Gasteiger partial charge on any atom is -0.326 e. The second-order valence-corrected chi connectivity index (χ2v) is 10.6. The number of carbonyl (C=O) groups excluding carboxylic acids is 1. The molecule has 2 aliphatic carbocycles. The van der Waals surface area contributed by atoms with Gasteiger partial charge in [0.2, 0.25) is 5.91 Å². The van der Waals surface area contributed by atoms with Crippen LogP contribution in [-0.2, 0) is 17.6 Å². The standard InChI is InChI=1S/C28H34N4O/c1-18-3-8-27-26(13-18)29-19(2)32(27)25-9-11-31(12-10-25)17-20-14-22-6-7-24(16-23(22)15-20)30-28(33)21-4-5-21/h3,6-8,13,16,20-21,25H,4-5,9-12,14-15,17H2,1-2H3,(H,30,33)/t20-/m0/s1. The highest BCUT2D eigenvalue weighted by Gasteiger charge is 2.31. The number of aryl methyl sites for hydroxylation is 2. The Labute approximate surface area is 196 Å². The van der Waals surface area contributed by atoms with Gasteiger partial charge in [-0.1, -0.05) is 12.1 Å². The monoisotopic (exact) mass is 442 g/mol. The Hall–Kier alpha value is -2.66. The van der Waals surface area contributed by atoms with Crippen molar-refractivity contribution in [3.63, 3.8) is 0 Å². The molecule has 172 valence electrons. The number of benzene rings is 2. The number of aromatic nitrogens is 2. The van der Waals surface area contributed by atoms with Crippen LogP contribution in [0.3, 0.4) is 0 Å². The highest BCUT2D eigenvalue weighted by molar-refractivity contribution is 5.94. The molecule has 5 heteroatoms. The second kappa shape index (κ2) is 8.28. The molecule has 2 aromatic carbocycles. The zero-order valence-corrected chi connectivity index (χ0v) is 19.8. The number of likely N-dealkylation sites (tertiary alicyclic amines) is 1. The predicted molar refractivity (Wildman–Crippen MR) is 133 cm³/mol. The molecule has 1 N–H and O–H groups in total. The molecule has 2 fully saturated rings. The fourth-order valence-corrected chi connectivity index (χ4v) is 6.02. The maximum absolute atomic E-state index is 12.1. The number of hydrogen-bond acceptors (Lipinski definition) is 3. The normalized spacial score (nSPS) is 21.5. The Bertz CT molecular complexity index is 1200. The molecule has 0 bridgehead atoms. The number of hydrogen-bond donors (Lipinski definition) is 1. The lowest BCUT2D eigenvalue weighted by molar-refractivity contribution is -0.117. The third kappa shape index (κ3) is 4.19. The van der Waals surface area contributed by atoms with Crippen LogP contribution in [0.25, 0.3) is 11.0 Å². The fraction of sp³-hybridized carbons (Fsp3) is 0.500. The zero-order chi connectivity index (χ0) is 22.5. The number of carbonyl (C=O) groups is 1. The van der Waals surface area contributed by atoms with Gasteiger partial charge in [-0.15, -0.1) is 0 Å². The van der Waals surface area contributed by atoms with Crippen molar-refractivity contribution in [2.45, 2.75) is 58.4 Å². The average Bonchev–Trinajstić information content (AvgIpc) is 3.50. The summed E-state index contributed by atoms with van der Waals surface area (Å²) in [6, 6.07) is 13.7. The summed E-state index contributed by atoms with van der Waals surface area (Å²) in [4.78, 5) is 19.6. The Balaban J connectivity index is 1.06. The molecule has 3 aliphatic rings. The Morgan fingerprint density at radius 2 is 1.79 bits per heavy atom. The quantitative estimate of drug-likeness (QED) is 0.601. The first-order chi connectivity index (χ1) is 16.0. The predicted octanol–water partition coefficient (Wildman–Crippen LogP) is 5.05. The van der Waals surface area contributed by atoms with Crippen LogP contribution in [0.15, 0.2) is 36.4 Å². The Kier molecular flexibility index (Phi) is 5.25. The van der Waals surface area contributed by atoms with Gasteiger partial charge in [0, 0.05) is 37.3 Å². The largest absolute Gasteiger partial charge is 0.326 e. The van der Waals surface area contributed by atoms with Gasteiger partial charge >= 0.3 is 0 Å². The topological polar surface area (TPSA) is 50.2 Å². The van der Waals surface area contributed by atoms with E-state index in [4.69, 9.17) is 4.98 Å². The summed E-state index contributed by atoms with van der Waals surface area (Å²) in [5, 5.41) is 3.11. The van der Waals surface area contributed by atoms with Crippen molar-refractivity contribution in [3.05, 3.63) is 58.9 Å². The molecule has 1 saturated carbocycles. The van der Waals surface area contributed by atoms with E-state index in [9.17, 15) is 4.79 Å². The van der Waals surface area contributed by atoms with Gasteiger partial charge in [0.1, 0.15) is 5.82 Å². The number of fused-ring (bicyclic) bond motifs is 2. The van der Waals surface area contributed by atoms with Crippen molar-refractivity contribution in [3.8, 4) is 0 Å². The van der Waals surface area contributed by atoms with E-state index in [1.165, 1.54) is 41.6 Å². The SMILES string of the molecule is Cc1ccc2c(c1)nc(C)n2C1CCN(C[C@H]2Cc3ccc(NC(=O)C4CC4)cc3C2)CC1. The van der Waals surface area contributed by atoms with Crippen molar-refractivity contribution in [1.29, 1.82) is 0 Å². The summed E-state index contributed by atoms with van der Waals surface area (Å²) < 4.78 is 2.48. The smallest absolute Gasteiger partial charge is 0.227 e. The van der Waals surface area contributed by atoms with E-state index in [1.54, 1.807) is 0 Å². The minimum absolute atomic E-state index is 0.198. The third-order valence-electron chi connectivity index (χ3n) is 7.90. The zero-order valence-electron chi connectivity index (χ0n) is 19.8. The summed E-state index contributed by atoms with van der Waals surface area (Å²) >= 11 is 0. The van der Waals surface area contributed by atoms with Crippen molar-refractivity contribution in [2.75, 3.05) is 25.0 Å². The van der Waals surface area contributed by atoms with E-state index in [0.717, 1.165) is 55.8 Å². The number of rotatable bonds is 5. The Morgan fingerprint density at radius 3 is 2.58 bits per heavy atom. The lowest BCUT2D eigenvalue weighted by Crippen LogP contribution is -2.38. The van der Waals surface area contributed by atoms with Gasteiger partial charge in [-0.2, -0.15) is 0 Å². The molecule has 5 nitrogen and oxygen atoms in total. The van der Waals surface area contributed by atoms with Crippen molar-refractivity contribution < 1.29 is 4.79 Å². The van der Waals surface area contributed by atoms with E-state index >= 15 is 0 Å². The molecular formula is C28H34N4O. The van der Waals surface area contributed by atoms with E-state index in [1.807, 2.05) is 0 Å². The molecule has 1 atom stereocenters. The summed E-state index contributed by atoms with van der Waals surface area (Å²) in [5.41, 5.74) is 7.57. The van der Waals surface area contributed by atoms with Crippen molar-refractivity contribution >= 4 is 22.6 Å². The van der Waals surface area contributed by atoms with Gasteiger partial charge < -0.3 is 14.8 Å². The molecule has 1 aromatic heterocycles. The number of amides is 1. The first-order valence-corrected chi connectivity index (χ1v) is 12.6. The third-order valence-corrected chi connectivity index (χ3v) is 7.90. The van der Waals surface area contributed by atoms with Crippen LogP contribution in [0, 0.1) is 25.7 Å². The van der Waals surface area contributed by atoms with E-state index < -0.39 is 0 Å². The van der Waals surface area contributed by atoms with Crippen LogP contribution in [0.1, 0.15) is 54.2 Å². The number of nitrogens with zero attached hydrogens (tertiary/aromatic N) is 3. The molecule has 0 spiro atoms. The fourth-order valence-electron chi connectivity index (χ4n) is 6.02. The first kappa shape index (κ1) is 20.9. The average molecular weight is 443 g/mol. The lowest BCUT2D eigenvalue weighted by Gasteiger charge is -2.34. The molecule has 0 unspecified atom stereocenters. The molecule has 1 aliphatic heterocycles. The van der Waals surface area contributed by atoms with Crippen LogP contribution >= 0.6 is 0 Å². The highest BCUT2D eigenvalue weighted by atomic mass is 16.2. The van der Waals surface area contributed by atoms with Crippen LogP contribution in [0.2, 0.25) is 0 Å². The van der Waals surface area contributed by atoms with Crippen LogP contribution in [-0.4, -0.2) is 40.0 Å². The number of anilines is 1. The van der Waals surface area contributed by atoms with E-state index in [0.29, 0.717) is 12.0 Å². The molecule has 6 rings (SSSR count). The molecular weight excluding hydrogens is 408 g/mol. The number of imidazole rings is 1. The maximum atomic E-state index is 12.1. The van der Waals surface area contributed by atoms with E-state index in [2.05, 4.69) is 65.0 Å². The summed E-state index contributed by atoms with van der Waals surface area (Å²) in [6.07, 6.45) is 6.77. The second-order valence-electron chi connectivity index (χ2n) is 10.6. The van der Waals surface area contributed by atoms with Crippen LogP contribution in [0.4, 0.5) is 5.69 Å². The maximum Gasteiger partial charge on any atom is 0.227 e. The molecule has 33 heavy (non-hydrogen) atoms. The number of nitrogens with one attached hydrogen (secondary N) is 1. The van der Waals surface area contributed by atoms with Crippen LogP contribution in [0.5, 0.6) is 0 Å². The summed E-state index contributed by atoms with van der Waals surface area (Å²) in [5.74, 6) is 2.28. The van der Waals surface area contributed by atoms with Gasteiger partial charge in [-0.05, 0) is 99.2 Å². The van der Waals surface area contributed by atoms with Crippen molar-refractivity contribution in [1.82, 2.24) is 14.5 Å².